The van der Waals surface area contributed by atoms with Crippen LogP contribution in [0.1, 0.15) is 17.2 Å². The van der Waals surface area contributed by atoms with Crippen LogP contribution in [-0.4, -0.2) is 14.2 Å². The number of benzene rings is 2. The lowest BCUT2D eigenvalue weighted by Crippen LogP contribution is -2.21. The van der Waals surface area contributed by atoms with Crippen molar-refractivity contribution < 1.29 is 13.5 Å². The zero-order valence-electron chi connectivity index (χ0n) is 11.1. The smallest absolute Gasteiger partial charge is 0.131 e. The van der Waals surface area contributed by atoms with E-state index in [2.05, 4.69) is 21.2 Å². The summed E-state index contributed by atoms with van der Waals surface area (Å²) in [7, 11) is 3.22. The van der Waals surface area contributed by atoms with Crippen molar-refractivity contribution in [3.8, 4) is 5.75 Å². The minimum atomic E-state index is -0.587. The van der Waals surface area contributed by atoms with Gasteiger partial charge in [-0.3, -0.25) is 0 Å². The van der Waals surface area contributed by atoms with E-state index in [9.17, 15) is 8.78 Å². The van der Waals surface area contributed by atoms with Gasteiger partial charge in [-0.15, -0.1) is 0 Å². The molecule has 0 aliphatic rings. The molecule has 0 spiro atoms. The number of halogens is 3. The van der Waals surface area contributed by atoms with Gasteiger partial charge in [0, 0.05) is 10.0 Å². The summed E-state index contributed by atoms with van der Waals surface area (Å²) in [6.07, 6.45) is 0. The second-order valence-corrected chi connectivity index (χ2v) is 5.10. The molecule has 0 aliphatic heterocycles. The maximum atomic E-state index is 13.9. The second kappa shape index (κ2) is 6.33. The van der Waals surface area contributed by atoms with Gasteiger partial charge in [-0.25, -0.2) is 8.78 Å². The van der Waals surface area contributed by atoms with E-state index in [1.54, 1.807) is 32.4 Å². The summed E-state index contributed by atoms with van der Waals surface area (Å²) in [6.45, 7) is 0. The molecular weight excluding hydrogens is 328 g/mol. The fourth-order valence-electron chi connectivity index (χ4n) is 2.11. The first kappa shape index (κ1) is 14.9. The number of ether oxygens (including phenoxy) is 1. The summed E-state index contributed by atoms with van der Waals surface area (Å²) in [6, 6.07) is 8.55. The Morgan fingerprint density at radius 1 is 1.15 bits per heavy atom. The number of hydrogen-bond donors (Lipinski definition) is 1. The largest absolute Gasteiger partial charge is 0.497 e. The maximum Gasteiger partial charge on any atom is 0.131 e. The summed E-state index contributed by atoms with van der Waals surface area (Å²) in [5.74, 6) is -0.483. The van der Waals surface area contributed by atoms with Crippen molar-refractivity contribution >= 4 is 15.9 Å². The lowest BCUT2D eigenvalue weighted by atomic mass is 9.97. The van der Waals surface area contributed by atoms with Gasteiger partial charge < -0.3 is 10.1 Å². The third-order valence-electron chi connectivity index (χ3n) is 3.10. The topological polar surface area (TPSA) is 21.3 Å². The van der Waals surface area contributed by atoms with E-state index < -0.39 is 17.7 Å². The fraction of sp³-hybridized carbons (Fsp3) is 0.200. The molecule has 0 saturated carbocycles. The molecule has 2 aromatic rings. The summed E-state index contributed by atoms with van der Waals surface area (Å²) >= 11 is 3.41. The van der Waals surface area contributed by atoms with Crippen LogP contribution in [0.3, 0.4) is 0 Å². The quantitative estimate of drug-likeness (QED) is 0.905. The molecule has 0 fully saturated rings. The standard InChI is InChI=1S/C15H14BrF2NO/c1-19-15(14-12(17)4-3-5-13(14)18)10-7-6-9(20-2)8-11(10)16/h3-8,15,19H,1-2H3. The second-order valence-electron chi connectivity index (χ2n) is 4.24. The van der Waals surface area contributed by atoms with Gasteiger partial charge in [-0.1, -0.05) is 28.1 Å². The van der Waals surface area contributed by atoms with Crippen molar-refractivity contribution in [2.24, 2.45) is 0 Å². The van der Waals surface area contributed by atoms with Crippen LogP contribution in [0.5, 0.6) is 5.75 Å². The minimum Gasteiger partial charge on any atom is -0.497 e. The van der Waals surface area contributed by atoms with E-state index in [4.69, 9.17) is 4.74 Å². The Balaban J connectivity index is 2.53. The van der Waals surface area contributed by atoms with Crippen LogP contribution >= 0.6 is 15.9 Å². The molecule has 0 saturated heterocycles. The van der Waals surface area contributed by atoms with Crippen LogP contribution in [0.2, 0.25) is 0 Å². The van der Waals surface area contributed by atoms with Crippen molar-refractivity contribution in [1.29, 1.82) is 0 Å². The van der Waals surface area contributed by atoms with Crippen LogP contribution in [0, 0.1) is 11.6 Å². The first-order valence-electron chi connectivity index (χ1n) is 6.03. The predicted molar refractivity (Wildman–Crippen MR) is 78.0 cm³/mol. The Labute approximate surface area is 124 Å². The van der Waals surface area contributed by atoms with E-state index in [1.807, 2.05) is 0 Å². The van der Waals surface area contributed by atoms with E-state index in [0.29, 0.717) is 5.75 Å². The molecule has 0 aromatic heterocycles. The van der Waals surface area contributed by atoms with E-state index in [0.717, 1.165) is 10.0 Å². The van der Waals surface area contributed by atoms with Gasteiger partial charge >= 0.3 is 0 Å². The lowest BCUT2D eigenvalue weighted by molar-refractivity contribution is 0.414. The molecule has 0 radical (unpaired) electrons. The first-order chi connectivity index (χ1) is 9.58. The summed E-state index contributed by atoms with van der Waals surface area (Å²) in [5, 5.41) is 2.94. The highest BCUT2D eigenvalue weighted by Crippen LogP contribution is 2.33. The van der Waals surface area contributed by atoms with Crippen molar-refractivity contribution in [3.63, 3.8) is 0 Å². The third kappa shape index (κ3) is 2.83. The fourth-order valence-corrected chi connectivity index (χ4v) is 2.70. The van der Waals surface area contributed by atoms with Gasteiger partial charge in [0.1, 0.15) is 17.4 Å². The maximum absolute atomic E-state index is 13.9. The molecule has 0 heterocycles. The zero-order chi connectivity index (χ0) is 14.7. The molecular formula is C15H14BrF2NO. The number of nitrogens with one attached hydrogen (secondary N) is 1. The van der Waals surface area contributed by atoms with Gasteiger partial charge in [0.05, 0.1) is 13.2 Å². The molecule has 0 bridgehead atoms. The average molecular weight is 342 g/mol. The Bertz CT molecular complexity index is 599. The first-order valence-corrected chi connectivity index (χ1v) is 6.82. The molecule has 1 N–H and O–H groups in total. The molecule has 5 heteroatoms. The summed E-state index contributed by atoms with van der Waals surface area (Å²) in [4.78, 5) is 0. The average Bonchev–Trinajstić information content (AvgIpc) is 2.43. The molecule has 0 amide bonds. The van der Waals surface area contributed by atoms with Crippen molar-refractivity contribution in [1.82, 2.24) is 5.32 Å². The van der Waals surface area contributed by atoms with Crippen LogP contribution in [-0.2, 0) is 0 Å². The molecule has 20 heavy (non-hydrogen) atoms. The summed E-state index contributed by atoms with van der Waals surface area (Å²) < 4.78 is 33.7. The van der Waals surface area contributed by atoms with Crippen LogP contribution < -0.4 is 10.1 Å². The van der Waals surface area contributed by atoms with E-state index in [1.165, 1.54) is 18.2 Å². The van der Waals surface area contributed by atoms with Gasteiger partial charge in [0.2, 0.25) is 0 Å². The number of methoxy groups -OCH3 is 1. The molecule has 2 rings (SSSR count). The predicted octanol–water partition coefficient (Wildman–Crippen LogP) is 4.04. The molecule has 0 aliphatic carbocycles. The van der Waals surface area contributed by atoms with Crippen LogP contribution in [0.4, 0.5) is 8.78 Å². The SMILES string of the molecule is CNC(c1ccc(OC)cc1Br)c1c(F)cccc1F. The monoisotopic (exact) mass is 341 g/mol. The highest BCUT2D eigenvalue weighted by Gasteiger charge is 2.22. The molecule has 1 atom stereocenters. The molecule has 106 valence electrons. The summed E-state index contributed by atoms with van der Waals surface area (Å²) in [5.41, 5.74) is 0.734. The van der Waals surface area contributed by atoms with E-state index in [-0.39, 0.29) is 5.56 Å². The molecule has 2 nitrogen and oxygen atoms in total. The minimum absolute atomic E-state index is 0.000803. The van der Waals surface area contributed by atoms with Gasteiger partial charge in [0.25, 0.3) is 0 Å². The Morgan fingerprint density at radius 2 is 1.80 bits per heavy atom. The molecule has 2 aromatic carbocycles. The van der Waals surface area contributed by atoms with Gasteiger partial charge in [-0.05, 0) is 36.9 Å². The molecule has 1 unspecified atom stereocenters. The Hall–Kier alpha value is -1.46. The van der Waals surface area contributed by atoms with Crippen LogP contribution in [0.15, 0.2) is 40.9 Å². The normalized spacial score (nSPS) is 12.2. The van der Waals surface area contributed by atoms with E-state index >= 15 is 0 Å². The lowest BCUT2D eigenvalue weighted by Gasteiger charge is -2.20. The zero-order valence-corrected chi connectivity index (χ0v) is 12.7. The van der Waals surface area contributed by atoms with Crippen molar-refractivity contribution in [3.05, 3.63) is 63.6 Å². The van der Waals surface area contributed by atoms with Crippen molar-refractivity contribution in [2.45, 2.75) is 6.04 Å². The number of rotatable bonds is 4. The van der Waals surface area contributed by atoms with Crippen molar-refractivity contribution in [2.75, 3.05) is 14.2 Å². The van der Waals surface area contributed by atoms with Gasteiger partial charge in [0.15, 0.2) is 0 Å². The number of hydrogen-bond acceptors (Lipinski definition) is 2. The Kier molecular flexibility index (Phi) is 4.73. The van der Waals surface area contributed by atoms with Gasteiger partial charge in [-0.2, -0.15) is 0 Å². The Morgan fingerprint density at radius 3 is 2.30 bits per heavy atom. The highest BCUT2D eigenvalue weighted by atomic mass is 79.9. The highest BCUT2D eigenvalue weighted by molar-refractivity contribution is 9.10. The third-order valence-corrected chi connectivity index (χ3v) is 3.78. The van der Waals surface area contributed by atoms with Crippen LogP contribution in [0.25, 0.3) is 0 Å².